The highest BCUT2D eigenvalue weighted by Gasteiger charge is 2.51. The summed E-state index contributed by atoms with van der Waals surface area (Å²) in [5.41, 5.74) is 1.11. The number of benzene rings is 1. The van der Waals surface area contributed by atoms with Crippen LogP contribution in [0.4, 0.5) is 0 Å². The Kier molecular flexibility index (Phi) is 2.24. The molecule has 102 valence electrons. The van der Waals surface area contributed by atoms with Gasteiger partial charge in [-0.25, -0.2) is 0 Å². The van der Waals surface area contributed by atoms with Gasteiger partial charge in [0.2, 0.25) is 0 Å². The van der Waals surface area contributed by atoms with Gasteiger partial charge in [0, 0.05) is 5.92 Å². The average Bonchev–Trinajstić information content (AvgIpc) is 3.37. The van der Waals surface area contributed by atoms with Crippen molar-refractivity contribution >= 4 is 5.97 Å². The van der Waals surface area contributed by atoms with Gasteiger partial charge in [-0.2, -0.15) is 4.68 Å². The Morgan fingerprint density at radius 2 is 1.95 bits per heavy atom. The molecule has 0 saturated heterocycles. The molecule has 6 heteroatoms. The van der Waals surface area contributed by atoms with Gasteiger partial charge < -0.3 is 5.11 Å². The lowest BCUT2D eigenvalue weighted by molar-refractivity contribution is -0.140. The van der Waals surface area contributed by atoms with E-state index in [4.69, 9.17) is 0 Å². The molecular weight excluding hydrogens is 256 g/mol. The molecule has 0 aliphatic heterocycles. The summed E-state index contributed by atoms with van der Waals surface area (Å²) < 4.78 is 1.75. The van der Waals surface area contributed by atoms with Crippen molar-refractivity contribution in [3.8, 4) is 5.69 Å². The zero-order chi connectivity index (χ0) is 13.7. The van der Waals surface area contributed by atoms with Gasteiger partial charge in [-0.15, -0.1) is 5.10 Å². The van der Waals surface area contributed by atoms with Crippen molar-refractivity contribution in [1.82, 2.24) is 20.2 Å². The number of aromatic nitrogens is 4. The van der Waals surface area contributed by atoms with E-state index in [9.17, 15) is 9.90 Å². The molecule has 0 radical (unpaired) electrons. The van der Waals surface area contributed by atoms with Crippen molar-refractivity contribution in [2.75, 3.05) is 0 Å². The maximum absolute atomic E-state index is 11.3. The van der Waals surface area contributed by atoms with Gasteiger partial charge in [0.25, 0.3) is 0 Å². The lowest BCUT2D eigenvalue weighted by Crippen LogP contribution is -2.19. The lowest BCUT2D eigenvalue weighted by atomic mass is 9.96. The fraction of sp³-hybridized carbons (Fsp3) is 0.429. The number of hydrogen-bond donors (Lipinski definition) is 1. The summed E-state index contributed by atoms with van der Waals surface area (Å²) in [4.78, 5) is 11.3. The zero-order valence-corrected chi connectivity index (χ0v) is 10.9. The number of tetrazole rings is 1. The molecule has 2 aliphatic rings. The van der Waals surface area contributed by atoms with Crippen molar-refractivity contribution in [3.05, 3.63) is 35.7 Å². The average molecular weight is 270 g/mol. The van der Waals surface area contributed by atoms with Crippen LogP contribution in [0.25, 0.3) is 5.69 Å². The second kappa shape index (κ2) is 3.88. The van der Waals surface area contributed by atoms with Gasteiger partial charge in [0.1, 0.15) is 0 Å². The van der Waals surface area contributed by atoms with Crippen LogP contribution < -0.4 is 0 Å². The van der Waals surface area contributed by atoms with Crippen LogP contribution in [0, 0.1) is 0 Å². The molecule has 0 bridgehead atoms. The van der Waals surface area contributed by atoms with Crippen molar-refractivity contribution in [2.24, 2.45) is 0 Å². The Morgan fingerprint density at radius 3 is 2.50 bits per heavy atom. The van der Waals surface area contributed by atoms with E-state index >= 15 is 0 Å². The minimum atomic E-state index is -0.730. The van der Waals surface area contributed by atoms with Gasteiger partial charge in [-0.3, -0.25) is 4.79 Å². The van der Waals surface area contributed by atoms with Crippen LogP contribution >= 0.6 is 0 Å². The number of carboxylic acids is 1. The summed E-state index contributed by atoms with van der Waals surface area (Å²) >= 11 is 0. The first-order chi connectivity index (χ1) is 9.71. The van der Waals surface area contributed by atoms with Crippen molar-refractivity contribution in [3.63, 3.8) is 0 Å². The monoisotopic (exact) mass is 270 g/mol. The maximum atomic E-state index is 11.3. The van der Waals surface area contributed by atoms with Crippen LogP contribution in [0.1, 0.15) is 43.0 Å². The van der Waals surface area contributed by atoms with Crippen LogP contribution in [0.15, 0.2) is 24.3 Å². The molecule has 0 unspecified atom stereocenters. The van der Waals surface area contributed by atoms with Gasteiger partial charge in [0.15, 0.2) is 5.82 Å². The molecule has 1 N–H and O–H groups in total. The molecule has 2 aliphatic carbocycles. The highest BCUT2D eigenvalue weighted by molar-refractivity contribution is 5.84. The Morgan fingerprint density at radius 1 is 1.25 bits per heavy atom. The van der Waals surface area contributed by atoms with Gasteiger partial charge in [-0.1, -0.05) is 12.1 Å². The summed E-state index contributed by atoms with van der Waals surface area (Å²) in [6.07, 6.45) is 3.72. The number of carbonyl (C=O) groups is 1. The molecular formula is C14H14N4O2. The van der Waals surface area contributed by atoms with Gasteiger partial charge >= 0.3 is 5.97 Å². The highest BCUT2D eigenvalue weighted by Crippen LogP contribution is 2.48. The van der Waals surface area contributed by atoms with Crippen LogP contribution in [-0.2, 0) is 10.2 Å². The second-order valence-corrected chi connectivity index (χ2v) is 5.66. The highest BCUT2D eigenvalue weighted by atomic mass is 16.4. The van der Waals surface area contributed by atoms with E-state index in [1.807, 2.05) is 24.3 Å². The van der Waals surface area contributed by atoms with Crippen LogP contribution in [0.2, 0.25) is 0 Å². The standard InChI is InChI=1S/C14H14N4O2/c19-13(20)14(7-8-14)10-3-5-11(6-4-10)18-12(9-1-2-9)15-16-17-18/h3-6,9H,1-2,7-8H2,(H,19,20). The molecule has 0 amide bonds. The third-order valence-corrected chi connectivity index (χ3v) is 4.26. The number of nitrogens with zero attached hydrogens (tertiary/aromatic N) is 4. The van der Waals surface area contributed by atoms with E-state index in [-0.39, 0.29) is 0 Å². The first-order valence-corrected chi connectivity index (χ1v) is 6.83. The van der Waals surface area contributed by atoms with Crippen molar-refractivity contribution < 1.29 is 9.90 Å². The molecule has 1 aromatic heterocycles. The Hall–Kier alpha value is -2.24. The minimum absolute atomic E-state index is 0.471. The van der Waals surface area contributed by atoms with Crippen LogP contribution in [0.3, 0.4) is 0 Å². The second-order valence-electron chi connectivity index (χ2n) is 5.66. The summed E-state index contributed by atoms with van der Waals surface area (Å²) in [5.74, 6) is 0.641. The summed E-state index contributed by atoms with van der Waals surface area (Å²) in [5, 5.41) is 21.1. The SMILES string of the molecule is O=C(O)C1(c2ccc(-n3nnnc3C3CC3)cc2)CC1. The molecule has 2 saturated carbocycles. The van der Waals surface area contributed by atoms with Gasteiger partial charge in [0.05, 0.1) is 11.1 Å². The lowest BCUT2D eigenvalue weighted by Gasteiger charge is -2.11. The molecule has 6 nitrogen and oxygen atoms in total. The zero-order valence-electron chi connectivity index (χ0n) is 10.9. The molecule has 2 aromatic rings. The van der Waals surface area contributed by atoms with E-state index in [1.165, 1.54) is 0 Å². The maximum Gasteiger partial charge on any atom is 0.314 e. The Bertz CT molecular complexity index is 669. The van der Waals surface area contributed by atoms with Gasteiger partial charge in [-0.05, 0) is 53.8 Å². The van der Waals surface area contributed by atoms with E-state index in [0.29, 0.717) is 5.92 Å². The number of rotatable bonds is 4. The largest absolute Gasteiger partial charge is 0.481 e. The third-order valence-electron chi connectivity index (χ3n) is 4.26. The quantitative estimate of drug-likeness (QED) is 0.913. The van der Waals surface area contributed by atoms with E-state index < -0.39 is 11.4 Å². The Balaban J connectivity index is 1.68. The molecule has 1 heterocycles. The first-order valence-electron chi connectivity index (χ1n) is 6.83. The summed E-state index contributed by atoms with van der Waals surface area (Å²) in [6.45, 7) is 0. The van der Waals surface area contributed by atoms with Crippen LogP contribution in [0.5, 0.6) is 0 Å². The molecule has 4 rings (SSSR count). The first kappa shape index (κ1) is 11.6. The molecule has 1 aromatic carbocycles. The summed E-state index contributed by atoms with van der Waals surface area (Å²) in [7, 11) is 0. The van der Waals surface area contributed by atoms with Crippen LogP contribution in [-0.4, -0.2) is 31.3 Å². The smallest absolute Gasteiger partial charge is 0.314 e. The molecule has 20 heavy (non-hydrogen) atoms. The minimum Gasteiger partial charge on any atom is -0.481 e. The fourth-order valence-corrected chi connectivity index (χ4v) is 2.65. The molecule has 0 spiro atoms. The van der Waals surface area contributed by atoms with E-state index in [1.54, 1.807) is 4.68 Å². The number of carboxylic acid groups (broad SMARTS) is 1. The van der Waals surface area contributed by atoms with E-state index in [0.717, 1.165) is 42.8 Å². The normalized spacial score (nSPS) is 19.8. The molecule has 0 atom stereocenters. The molecule has 2 fully saturated rings. The van der Waals surface area contributed by atoms with Crippen molar-refractivity contribution in [2.45, 2.75) is 37.0 Å². The predicted molar refractivity (Wildman–Crippen MR) is 69.7 cm³/mol. The van der Waals surface area contributed by atoms with Crippen molar-refractivity contribution in [1.29, 1.82) is 0 Å². The summed E-state index contributed by atoms with van der Waals surface area (Å²) in [6, 6.07) is 7.57. The fourth-order valence-electron chi connectivity index (χ4n) is 2.65. The van der Waals surface area contributed by atoms with E-state index in [2.05, 4.69) is 15.5 Å². The number of aliphatic carboxylic acids is 1. The topological polar surface area (TPSA) is 80.9 Å². The number of hydrogen-bond acceptors (Lipinski definition) is 4. The Labute approximate surface area is 115 Å². The third kappa shape index (κ3) is 1.64. The predicted octanol–water partition coefficient (Wildman–Crippen LogP) is 1.66.